The molecule has 5 aromatic rings. The van der Waals surface area contributed by atoms with E-state index in [-0.39, 0.29) is 36.0 Å². The number of carbonyl (C=O) groups excluding carboxylic acids is 2. The number of carboxylic acid groups (broad SMARTS) is 1. The van der Waals surface area contributed by atoms with Crippen LogP contribution in [0, 0.1) is 17.8 Å². The summed E-state index contributed by atoms with van der Waals surface area (Å²) in [5.74, 6) is 2.21. The van der Waals surface area contributed by atoms with Crippen LogP contribution in [0.5, 0.6) is 0 Å². The van der Waals surface area contributed by atoms with E-state index in [1.807, 2.05) is 24.9 Å². The number of nitrogens with one attached hydrogen (secondary N) is 3. The quantitative estimate of drug-likeness (QED) is 0.134. The number of likely N-dealkylation sites (tertiary alicyclic amines) is 2. The lowest BCUT2D eigenvalue weighted by atomic mass is 9.98. The predicted molar refractivity (Wildman–Crippen MR) is 194 cm³/mol. The summed E-state index contributed by atoms with van der Waals surface area (Å²) in [6.07, 6.45) is 5.78. The number of benzene rings is 3. The highest BCUT2D eigenvalue weighted by atomic mass is 16.5. The number of H-pyrrole nitrogens is 2. The fourth-order valence-electron chi connectivity index (χ4n) is 8.59. The summed E-state index contributed by atoms with van der Waals surface area (Å²) in [7, 11) is 1.30. The molecular weight excluding hydrogens is 658 g/mol. The summed E-state index contributed by atoms with van der Waals surface area (Å²) < 4.78 is 4.79. The molecule has 266 valence electrons. The molecule has 3 amide bonds. The first-order chi connectivity index (χ1) is 25.2. The Morgan fingerprint density at radius 1 is 0.750 bits per heavy atom. The third kappa shape index (κ3) is 5.57. The number of amides is 3. The summed E-state index contributed by atoms with van der Waals surface area (Å²) in [6.45, 7) is 3.85. The Bertz CT molecular complexity index is 2210. The summed E-state index contributed by atoms with van der Waals surface area (Å²) in [4.78, 5) is 57.3. The molecule has 9 rings (SSSR count). The second-order valence-corrected chi connectivity index (χ2v) is 15.1. The Morgan fingerprint density at radius 2 is 1.27 bits per heavy atom. The third-order valence-corrected chi connectivity index (χ3v) is 11.6. The maximum atomic E-state index is 13.8. The first-order valence-electron chi connectivity index (χ1n) is 18.1. The van der Waals surface area contributed by atoms with Gasteiger partial charge in [-0.1, -0.05) is 62.4 Å². The van der Waals surface area contributed by atoms with E-state index in [4.69, 9.17) is 9.72 Å². The van der Waals surface area contributed by atoms with E-state index >= 15 is 0 Å². The van der Waals surface area contributed by atoms with Crippen molar-refractivity contribution in [2.75, 3.05) is 7.11 Å². The van der Waals surface area contributed by atoms with Gasteiger partial charge < -0.3 is 30.0 Å². The maximum absolute atomic E-state index is 13.8. The van der Waals surface area contributed by atoms with Crippen molar-refractivity contribution in [2.24, 2.45) is 17.8 Å². The Kier molecular flexibility index (Phi) is 7.60. The average Bonchev–Trinajstić information content (AvgIpc) is 3.74. The molecule has 12 nitrogen and oxygen atoms in total. The van der Waals surface area contributed by atoms with Gasteiger partial charge in [0.25, 0.3) is 0 Å². The highest BCUT2D eigenvalue weighted by Gasteiger charge is 2.57. The van der Waals surface area contributed by atoms with E-state index in [0.717, 1.165) is 75.9 Å². The molecule has 0 spiro atoms. The van der Waals surface area contributed by atoms with Crippen LogP contribution in [0.4, 0.5) is 9.59 Å². The van der Waals surface area contributed by atoms with Crippen molar-refractivity contribution >= 4 is 28.9 Å². The van der Waals surface area contributed by atoms with Gasteiger partial charge in [0.2, 0.25) is 5.91 Å². The zero-order valence-electron chi connectivity index (χ0n) is 29.2. The van der Waals surface area contributed by atoms with Gasteiger partial charge in [-0.05, 0) is 83.0 Å². The van der Waals surface area contributed by atoms with Gasteiger partial charge >= 0.3 is 12.2 Å². The monoisotopic (exact) mass is 699 g/mol. The average molecular weight is 700 g/mol. The van der Waals surface area contributed by atoms with Crippen LogP contribution in [-0.4, -0.2) is 78.2 Å². The van der Waals surface area contributed by atoms with Crippen LogP contribution < -0.4 is 5.32 Å². The van der Waals surface area contributed by atoms with Gasteiger partial charge in [0.15, 0.2) is 0 Å². The van der Waals surface area contributed by atoms with Crippen LogP contribution >= 0.6 is 0 Å². The SMILES string of the molecule is COC(=O)N[C@H](C(=O)N1[C@@H]2C[C@@H]2C[C@H]1c1ncc(-c2ccc3cc(-c4ccc(-c5cnc(C6CC7CC7N6C(=O)O)[nH]5)cc4)ccc3c2)[nH]1)C(C)C. The largest absolute Gasteiger partial charge is 0.465 e. The zero-order chi connectivity index (χ0) is 35.8. The molecule has 3 unspecified atom stereocenters. The molecule has 2 saturated carbocycles. The molecule has 4 N–H and O–H groups in total. The Morgan fingerprint density at radius 3 is 1.87 bits per heavy atom. The summed E-state index contributed by atoms with van der Waals surface area (Å²) in [5.41, 5.74) is 5.97. The smallest absolute Gasteiger partial charge is 0.408 e. The van der Waals surface area contributed by atoms with Crippen LogP contribution in [0.25, 0.3) is 44.4 Å². The second kappa shape index (κ2) is 12.2. The number of rotatable bonds is 8. The van der Waals surface area contributed by atoms with Gasteiger partial charge in [-0.3, -0.25) is 9.69 Å². The maximum Gasteiger partial charge on any atom is 0.408 e. The second-order valence-electron chi connectivity index (χ2n) is 15.1. The van der Waals surface area contributed by atoms with Crippen LogP contribution in [0.2, 0.25) is 0 Å². The molecule has 3 aromatic carbocycles. The minimum absolute atomic E-state index is 0.0907. The molecule has 4 heterocycles. The van der Waals surface area contributed by atoms with E-state index in [1.54, 1.807) is 11.1 Å². The molecule has 2 saturated heterocycles. The Labute approximate surface area is 300 Å². The van der Waals surface area contributed by atoms with Crippen molar-refractivity contribution in [2.45, 2.75) is 69.7 Å². The van der Waals surface area contributed by atoms with Gasteiger partial charge in [-0.25, -0.2) is 19.6 Å². The molecule has 12 heteroatoms. The molecule has 2 aliphatic heterocycles. The van der Waals surface area contributed by atoms with Gasteiger partial charge in [0, 0.05) is 17.6 Å². The van der Waals surface area contributed by atoms with Crippen LogP contribution in [0.3, 0.4) is 0 Å². The van der Waals surface area contributed by atoms with Gasteiger partial charge in [0.05, 0.1) is 43.0 Å². The van der Waals surface area contributed by atoms with Crippen LogP contribution in [0.1, 0.15) is 63.3 Å². The molecule has 0 radical (unpaired) electrons. The summed E-state index contributed by atoms with van der Waals surface area (Å²) in [6, 6.07) is 20.4. The van der Waals surface area contributed by atoms with Crippen molar-refractivity contribution in [3.8, 4) is 33.6 Å². The van der Waals surface area contributed by atoms with E-state index in [1.165, 1.54) is 7.11 Å². The van der Waals surface area contributed by atoms with Crippen LogP contribution in [0.15, 0.2) is 73.1 Å². The minimum atomic E-state index is -0.871. The van der Waals surface area contributed by atoms with Crippen molar-refractivity contribution in [1.82, 2.24) is 35.1 Å². The number of methoxy groups -OCH3 is 1. The summed E-state index contributed by atoms with van der Waals surface area (Å²) in [5, 5.41) is 14.7. The lowest BCUT2D eigenvalue weighted by molar-refractivity contribution is -0.136. The van der Waals surface area contributed by atoms with E-state index in [0.29, 0.717) is 17.7 Å². The number of aromatic amines is 2. The van der Waals surface area contributed by atoms with Crippen LogP contribution in [-0.2, 0) is 9.53 Å². The minimum Gasteiger partial charge on any atom is -0.465 e. The normalized spacial score (nSPS) is 24.8. The fraction of sp³-hybridized carbons (Fsp3) is 0.375. The molecule has 0 bridgehead atoms. The number of nitrogens with zero attached hydrogens (tertiary/aromatic N) is 4. The van der Waals surface area contributed by atoms with E-state index in [9.17, 15) is 19.5 Å². The summed E-state index contributed by atoms with van der Waals surface area (Å²) >= 11 is 0. The number of hydrogen-bond acceptors (Lipinski definition) is 6. The number of aromatic nitrogens is 4. The topological polar surface area (TPSA) is 157 Å². The molecule has 2 aromatic heterocycles. The molecule has 52 heavy (non-hydrogen) atoms. The number of hydrogen-bond donors (Lipinski definition) is 4. The first kappa shape index (κ1) is 32.3. The highest BCUT2D eigenvalue weighted by Crippen LogP contribution is 2.54. The highest BCUT2D eigenvalue weighted by molar-refractivity contribution is 5.91. The van der Waals surface area contributed by atoms with Crippen molar-refractivity contribution in [1.29, 1.82) is 0 Å². The predicted octanol–water partition coefficient (Wildman–Crippen LogP) is 7.14. The van der Waals surface area contributed by atoms with Gasteiger partial charge in [0.1, 0.15) is 17.7 Å². The van der Waals surface area contributed by atoms with E-state index in [2.05, 4.69) is 80.9 Å². The Balaban J connectivity index is 0.901. The number of fused-ring (bicyclic) bond motifs is 3. The molecule has 4 fully saturated rings. The molecular formula is C40H41N7O5. The standard InChI is InChI=1S/C40H41N7O5/c1-20(2)35(45-39(49)52-3)38(48)46-31-14-27(31)16-33(46)36-42-19-30(44-36)26-11-10-24-12-23(8-9-25(24)13-26)21-4-6-22(7-5-21)29-18-41-37(43-29)34-17-28-15-32(28)47(34)40(50)51/h4-13,18-20,27-28,31-35H,14-17H2,1-3H3,(H,41,43)(H,42,44)(H,45,49)(H,50,51)/t27-,28?,31-,32?,33+,34?,35+/m1/s1. The zero-order valence-corrected chi connectivity index (χ0v) is 29.2. The number of ether oxygens (including phenoxy) is 1. The Hall–Kier alpha value is -5.65. The van der Waals surface area contributed by atoms with Crippen molar-refractivity contribution < 1.29 is 24.2 Å². The molecule has 4 aliphatic rings. The van der Waals surface area contributed by atoms with Gasteiger partial charge in [-0.15, -0.1) is 0 Å². The first-order valence-corrected chi connectivity index (χ1v) is 18.1. The number of carbonyl (C=O) groups is 3. The number of imidazole rings is 2. The van der Waals surface area contributed by atoms with Crippen molar-refractivity contribution in [3.05, 3.63) is 84.7 Å². The number of alkyl carbamates (subject to hydrolysis) is 1. The lowest BCUT2D eigenvalue weighted by Gasteiger charge is -2.31. The number of piperidine rings is 2. The van der Waals surface area contributed by atoms with E-state index < -0.39 is 18.2 Å². The van der Waals surface area contributed by atoms with Gasteiger partial charge in [-0.2, -0.15) is 0 Å². The third-order valence-electron chi connectivity index (χ3n) is 11.6. The fourth-order valence-corrected chi connectivity index (χ4v) is 8.59. The lowest BCUT2D eigenvalue weighted by Crippen LogP contribution is -2.52. The molecule has 7 atom stereocenters. The molecule has 2 aliphatic carbocycles. The van der Waals surface area contributed by atoms with Crippen molar-refractivity contribution in [3.63, 3.8) is 0 Å².